The average Bonchev–Trinajstić information content (AvgIpc) is 3.54. The summed E-state index contributed by atoms with van der Waals surface area (Å²) in [6.07, 6.45) is -0.212. The van der Waals surface area contributed by atoms with E-state index in [4.69, 9.17) is 16.3 Å². The molecule has 2 amide bonds. The van der Waals surface area contributed by atoms with E-state index in [0.29, 0.717) is 24.0 Å². The molecule has 0 radical (unpaired) electrons. The summed E-state index contributed by atoms with van der Waals surface area (Å²) < 4.78 is 23.0. The molecule has 1 fully saturated rings. The van der Waals surface area contributed by atoms with Crippen molar-refractivity contribution in [3.05, 3.63) is 94.3 Å². The van der Waals surface area contributed by atoms with Gasteiger partial charge in [-0.15, -0.1) is 16.7 Å². The number of hydrogen-bond acceptors (Lipinski definition) is 5. The quantitative estimate of drug-likeness (QED) is 0.253. The molecular weight excluding hydrogens is 519 g/mol. The molecular formula is C30H30ClFN4O3. The highest BCUT2D eigenvalue weighted by Crippen LogP contribution is 2.38. The lowest BCUT2D eigenvalue weighted by molar-refractivity contribution is -0.133. The summed E-state index contributed by atoms with van der Waals surface area (Å²) in [5, 5.41) is 8.14. The zero-order chi connectivity index (χ0) is 27.7. The van der Waals surface area contributed by atoms with Gasteiger partial charge in [-0.25, -0.2) is 18.8 Å². The lowest BCUT2D eigenvalue weighted by atomic mass is 9.79. The Balaban J connectivity index is 1.57. The summed E-state index contributed by atoms with van der Waals surface area (Å²) in [5.74, 6) is -2.18. The first-order chi connectivity index (χ1) is 18.8. The third kappa shape index (κ3) is 5.01. The Hall–Kier alpha value is -3.78. The predicted molar refractivity (Wildman–Crippen MR) is 147 cm³/mol. The normalized spacial score (nSPS) is 16.9. The smallest absolute Gasteiger partial charge is 0.416 e. The monoisotopic (exact) mass is 548 g/mol. The first kappa shape index (κ1) is 26.8. The molecule has 0 unspecified atom stereocenters. The summed E-state index contributed by atoms with van der Waals surface area (Å²) in [5.41, 5.74) is 4.63. The van der Waals surface area contributed by atoms with E-state index in [0.717, 1.165) is 22.3 Å². The van der Waals surface area contributed by atoms with Crippen LogP contribution in [0.1, 0.15) is 47.6 Å². The zero-order valence-corrected chi connectivity index (χ0v) is 22.9. The number of aromatic nitrogens is 3. The van der Waals surface area contributed by atoms with Crippen molar-refractivity contribution in [1.29, 1.82) is 0 Å². The van der Waals surface area contributed by atoms with Crippen LogP contribution in [0, 0.1) is 18.7 Å². The fourth-order valence-electron chi connectivity index (χ4n) is 5.39. The van der Waals surface area contributed by atoms with Crippen LogP contribution in [0.15, 0.2) is 60.7 Å². The molecule has 1 aromatic heterocycles. The molecule has 1 saturated heterocycles. The number of ether oxygens (including phenoxy) is 1. The van der Waals surface area contributed by atoms with E-state index < -0.39 is 35.7 Å². The molecule has 202 valence electrons. The van der Waals surface area contributed by atoms with Gasteiger partial charge >= 0.3 is 6.09 Å². The molecule has 1 aliphatic rings. The zero-order valence-electron chi connectivity index (χ0n) is 22.1. The molecule has 0 aliphatic carbocycles. The van der Waals surface area contributed by atoms with Gasteiger partial charge in [0.25, 0.3) is 0 Å². The molecule has 9 heteroatoms. The molecule has 3 aromatic carbocycles. The number of carbonyl (C=O) groups is 2. The van der Waals surface area contributed by atoms with Crippen molar-refractivity contribution in [1.82, 2.24) is 19.9 Å². The minimum absolute atomic E-state index is 0.109. The van der Waals surface area contributed by atoms with Crippen LogP contribution < -0.4 is 0 Å². The van der Waals surface area contributed by atoms with Gasteiger partial charge in [0.15, 0.2) is 5.82 Å². The first-order valence-corrected chi connectivity index (χ1v) is 13.6. The van der Waals surface area contributed by atoms with Gasteiger partial charge in [0.05, 0.1) is 11.6 Å². The van der Waals surface area contributed by atoms with Crippen LogP contribution in [0.5, 0.6) is 0 Å². The maximum atomic E-state index is 16.1. The molecule has 0 N–H and O–H groups in total. The van der Waals surface area contributed by atoms with E-state index >= 15 is 4.39 Å². The van der Waals surface area contributed by atoms with Crippen LogP contribution in [0.25, 0.3) is 11.0 Å². The number of nitrogens with zero attached hydrogens (tertiary/aromatic N) is 4. The number of benzene rings is 3. The Morgan fingerprint density at radius 1 is 1.18 bits per heavy atom. The highest BCUT2D eigenvalue weighted by molar-refractivity contribution is 6.17. The van der Waals surface area contributed by atoms with E-state index in [1.54, 1.807) is 23.7 Å². The van der Waals surface area contributed by atoms with Crippen molar-refractivity contribution >= 4 is 34.6 Å². The predicted octanol–water partition coefficient (Wildman–Crippen LogP) is 6.00. The maximum Gasteiger partial charge on any atom is 0.416 e. The molecule has 2 heterocycles. The fourth-order valence-corrected chi connectivity index (χ4v) is 5.68. The molecule has 4 aromatic rings. The van der Waals surface area contributed by atoms with Crippen LogP contribution in [0.4, 0.5) is 9.18 Å². The van der Waals surface area contributed by atoms with Gasteiger partial charge in [-0.2, -0.15) is 0 Å². The number of fused-ring (bicyclic) bond motifs is 1. The van der Waals surface area contributed by atoms with Gasteiger partial charge in [0.1, 0.15) is 12.1 Å². The van der Waals surface area contributed by atoms with Crippen molar-refractivity contribution < 1.29 is 18.7 Å². The van der Waals surface area contributed by atoms with Gasteiger partial charge in [-0.1, -0.05) is 66.7 Å². The number of hydrogen-bond donors (Lipinski definition) is 0. The molecule has 3 atom stereocenters. The Kier molecular flexibility index (Phi) is 7.66. The Bertz CT molecular complexity index is 1520. The summed E-state index contributed by atoms with van der Waals surface area (Å²) in [4.78, 5) is 28.0. The van der Waals surface area contributed by atoms with Gasteiger partial charge in [0.2, 0.25) is 5.91 Å². The van der Waals surface area contributed by atoms with Crippen LogP contribution in [0.2, 0.25) is 0 Å². The van der Waals surface area contributed by atoms with Crippen molar-refractivity contribution in [2.24, 2.45) is 5.92 Å². The van der Waals surface area contributed by atoms with Crippen molar-refractivity contribution in [3.63, 3.8) is 0 Å². The third-order valence-corrected chi connectivity index (χ3v) is 7.86. The summed E-state index contributed by atoms with van der Waals surface area (Å²) >= 11 is 6.21. The van der Waals surface area contributed by atoms with E-state index in [1.165, 1.54) is 4.90 Å². The fraction of sp³-hybridized carbons (Fsp3) is 0.333. The number of cyclic esters (lactones) is 1. The molecule has 5 rings (SSSR count). The number of halogens is 2. The maximum absolute atomic E-state index is 16.1. The molecule has 0 spiro atoms. The van der Waals surface area contributed by atoms with Crippen LogP contribution in [-0.2, 0) is 28.4 Å². The Morgan fingerprint density at radius 3 is 2.67 bits per heavy atom. The molecule has 39 heavy (non-hydrogen) atoms. The number of rotatable bonds is 8. The Labute approximate surface area is 231 Å². The second-order valence-electron chi connectivity index (χ2n) is 9.96. The van der Waals surface area contributed by atoms with Gasteiger partial charge in [-0.05, 0) is 54.2 Å². The van der Waals surface area contributed by atoms with E-state index in [1.807, 2.05) is 62.4 Å². The second-order valence-corrected chi connectivity index (χ2v) is 10.2. The highest BCUT2D eigenvalue weighted by atomic mass is 35.5. The van der Waals surface area contributed by atoms with Crippen LogP contribution >= 0.6 is 11.6 Å². The number of imide groups is 1. The van der Waals surface area contributed by atoms with Crippen molar-refractivity contribution in [3.8, 4) is 0 Å². The van der Waals surface area contributed by atoms with Crippen molar-refractivity contribution in [2.75, 3.05) is 6.61 Å². The highest BCUT2D eigenvalue weighted by Gasteiger charge is 2.42. The first-order valence-electron chi connectivity index (χ1n) is 13.0. The number of alkyl halides is 1. The van der Waals surface area contributed by atoms with Crippen molar-refractivity contribution in [2.45, 2.75) is 51.6 Å². The lowest BCUT2D eigenvalue weighted by Gasteiger charge is -2.29. The third-order valence-electron chi connectivity index (χ3n) is 7.57. The molecule has 1 aliphatic heterocycles. The molecule has 0 bridgehead atoms. The number of amides is 2. The summed E-state index contributed by atoms with van der Waals surface area (Å²) in [7, 11) is 0. The average molecular weight is 549 g/mol. The van der Waals surface area contributed by atoms with Crippen LogP contribution in [-0.4, -0.2) is 44.5 Å². The molecule has 7 nitrogen and oxygen atoms in total. The largest absolute Gasteiger partial charge is 0.447 e. The second kappa shape index (κ2) is 11.1. The minimum Gasteiger partial charge on any atom is -0.447 e. The molecule has 0 saturated carbocycles. The van der Waals surface area contributed by atoms with Crippen LogP contribution in [0.3, 0.4) is 0 Å². The number of carbonyl (C=O) groups excluding carboxylic acids is 2. The summed E-state index contributed by atoms with van der Waals surface area (Å²) in [6, 6.07) is 18.4. The SMILES string of the molecule is CCn1nnc2c(F)c([C@H](c3ccc(C)c(CCl)c3)[C@@H](C)C(=O)N3C(=O)OC[C@H]3Cc3ccccc3)ccc21. The van der Waals surface area contributed by atoms with E-state index in [2.05, 4.69) is 10.3 Å². The van der Waals surface area contributed by atoms with Gasteiger partial charge in [-0.3, -0.25) is 4.79 Å². The van der Waals surface area contributed by atoms with E-state index in [-0.39, 0.29) is 18.0 Å². The number of aryl methyl sites for hydroxylation is 2. The summed E-state index contributed by atoms with van der Waals surface area (Å²) in [6.45, 7) is 6.24. The standard InChI is InChI=1S/C30H30ClFN4O3/c1-4-35-25-13-12-24(27(32)28(25)33-34-35)26(21-11-10-18(2)22(15-21)16-31)19(3)29(37)36-23(17-39-30(36)38)14-20-8-6-5-7-9-20/h5-13,15,19,23,26H,4,14,16-17H2,1-3H3/t19-,23-,26+/m1/s1. The minimum atomic E-state index is -0.798. The van der Waals surface area contributed by atoms with E-state index in [9.17, 15) is 9.59 Å². The van der Waals surface area contributed by atoms with Gasteiger partial charge < -0.3 is 4.74 Å². The topological polar surface area (TPSA) is 77.3 Å². The Morgan fingerprint density at radius 2 is 1.95 bits per heavy atom. The van der Waals surface area contributed by atoms with Gasteiger partial charge in [0, 0.05) is 24.3 Å². The lowest BCUT2D eigenvalue weighted by Crippen LogP contribution is -2.44.